The molecule has 4 aromatic rings. The number of amides is 1. The highest BCUT2D eigenvalue weighted by Gasteiger charge is 2.22. The number of likely N-dealkylation sites (tertiary alicyclic amines) is 1. The molecule has 0 bridgehead atoms. The van der Waals surface area contributed by atoms with Crippen molar-refractivity contribution in [2.45, 2.75) is 13.0 Å². The van der Waals surface area contributed by atoms with Gasteiger partial charge < -0.3 is 34.0 Å². The third kappa shape index (κ3) is 5.71. The number of furan rings is 1. The Labute approximate surface area is 242 Å². The molecule has 12 heteroatoms. The second kappa shape index (κ2) is 12.0. The molecule has 1 amide bonds. The molecule has 2 fully saturated rings. The molecule has 2 N–H and O–H groups in total. The number of halogens is 1. The number of rotatable bonds is 10. The molecule has 11 nitrogen and oxygen atoms in total. The van der Waals surface area contributed by atoms with Gasteiger partial charge in [-0.15, -0.1) is 0 Å². The number of anilines is 4. The second-order valence-electron chi connectivity index (χ2n) is 10.1. The number of benzene rings is 1. The minimum atomic E-state index is -0.571. The van der Waals surface area contributed by atoms with Crippen LogP contribution in [0.15, 0.2) is 66.4 Å². The van der Waals surface area contributed by atoms with E-state index in [1.807, 2.05) is 24.5 Å². The van der Waals surface area contributed by atoms with Gasteiger partial charge >= 0.3 is 0 Å². The lowest BCUT2D eigenvalue weighted by Crippen LogP contribution is -2.36. The molecule has 0 aliphatic carbocycles. The Morgan fingerprint density at radius 3 is 2.71 bits per heavy atom. The van der Waals surface area contributed by atoms with Gasteiger partial charge in [-0.3, -0.25) is 9.69 Å². The van der Waals surface area contributed by atoms with Crippen LogP contribution in [0.1, 0.15) is 12.0 Å². The second-order valence-corrected chi connectivity index (χ2v) is 10.1. The van der Waals surface area contributed by atoms with Crippen LogP contribution in [0.3, 0.4) is 0 Å². The number of hydrogen-bond acceptors (Lipinski definition) is 9. The average molecular weight is 574 g/mol. The predicted molar refractivity (Wildman–Crippen MR) is 157 cm³/mol. The monoisotopic (exact) mass is 573 g/mol. The third-order valence-electron chi connectivity index (χ3n) is 7.41. The number of morpholine rings is 1. The first-order chi connectivity index (χ1) is 20.5. The van der Waals surface area contributed by atoms with E-state index in [0.29, 0.717) is 43.4 Å². The summed E-state index contributed by atoms with van der Waals surface area (Å²) >= 11 is 0. The molecule has 2 aliphatic rings. The summed E-state index contributed by atoms with van der Waals surface area (Å²) in [7, 11) is 1.55. The van der Waals surface area contributed by atoms with Gasteiger partial charge in [0.2, 0.25) is 11.9 Å². The molecule has 2 aliphatic heterocycles. The van der Waals surface area contributed by atoms with E-state index in [-0.39, 0.29) is 17.7 Å². The molecule has 218 valence electrons. The van der Waals surface area contributed by atoms with Gasteiger partial charge in [0.1, 0.15) is 5.75 Å². The molecule has 1 aromatic carbocycles. The molecule has 42 heavy (non-hydrogen) atoms. The van der Waals surface area contributed by atoms with Crippen LogP contribution in [0.5, 0.6) is 5.75 Å². The lowest BCUT2D eigenvalue weighted by Gasteiger charge is -2.31. The molecular weight excluding hydrogens is 541 g/mol. The van der Waals surface area contributed by atoms with Crippen molar-refractivity contribution < 1.29 is 23.1 Å². The SMILES string of the molecule is C=CC(=O)Nc1cc(Nc2ncc(F)c(-n3cc(CN4CCC4)c(-c4ccoc4)c3)n2)c(OC)cc1N1CCOCC1. The fourth-order valence-electron chi connectivity index (χ4n) is 5.11. The normalized spacial score (nSPS) is 15.2. The van der Waals surface area contributed by atoms with Crippen molar-refractivity contribution in [3.05, 3.63) is 73.4 Å². The number of hydrogen-bond donors (Lipinski definition) is 2. The van der Waals surface area contributed by atoms with Gasteiger partial charge in [0.25, 0.3) is 0 Å². The van der Waals surface area contributed by atoms with Gasteiger partial charge in [-0.2, -0.15) is 4.98 Å². The Bertz CT molecular complexity index is 1580. The zero-order valence-electron chi connectivity index (χ0n) is 23.3. The minimum absolute atomic E-state index is 0.0937. The van der Waals surface area contributed by atoms with Crippen molar-refractivity contribution >= 4 is 28.9 Å². The maximum atomic E-state index is 15.2. The molecular formula is C30H32FN7O4. The first-order valence-corrected chi connectivity index (χ1v) is 13.8. The molecule has 0 atom stereocenters. The summed E-state index contributed by atoms with van der Waals surface area (Å²) in [5.74, 6) is -0.166. The predicted octanol–water partition coefficient (Wildman–Crippen LogP) is 4.59. The van der Waals surface area contributed by atoms with Crippen molar-refractivity contribution in [2.75, 3.05) is 62.0 Å². The highest BCUT2D eigenvalue weighted by atomic mass is 19.1. The maximum Gasteiger partial charge on any atom is 0.247 e. The number of carbonyl (C=O) groups excluding carboxylic acids is 1. The van der Waals surface area contributed by atoms with E-state index >= 15 is 4.39 Å². The number of nitrogens with one attached hydrogen (secondary N) is 2. The maximum absolute atomic E-state index is 15.2. The summed E-state index contributed by atoms with van der Waals surface area (Å²) in [6.07, 6.45) is 10.6. The molecule has 2 saturated heterocycles. The van der Waals surface area contributed by atoms with E-state index < -0.39 is 5.82 Å². The Kier molecular flexibility index (Phi) is 7.89. The van der Waals surface area contributed by atoms with Crippen molar-refractivity contribution in [1.82, 2.24) is 19.4 Å². The minimum Gasteiger partial charge on any atom is -0.494 e. The van der Waals surface area contributed by atoms with Crippen LogP contribution in [-0.2, 0) is 16.1 Å². The van der Waals surface area contributed by atoms with Gasteiger partial charge in [0.05, 0.1) is 56.1 Å². The summed E-state index contributed by atoms with van der Waals surface area (Å²) in [6.45, 7) is 8.85. The summed E-state index contributed by atoms with van der Waals surface area (Å²) in [5.41, 5.74) is 4.74. The zero-order valence-corrected chi connectivity index (χ0v) is 23.3. The number of nitrogens with zero attached hydrogens (tertiary/aromatic N) is 5. The van der Waals surface area contributed by atoms with Gasteiger partial charge in [-0.05, 0) is 43.3 Å². The molecule has 0 saturated carbocycles. The first-order valence-electron chi connectivity index (χ1n) is 13.8. The van der Waals surface area contributed by atoms with Crippen LogP contribution in [0, 0.1) is 5.82 Å². The van der Waals surface area contributed by atoms with Crippen LogP contribution < -0.4 is 20.3 Å². The number of aromatic nitrogens is 3. The Hall–Kier alpha value is -4.68. The number of ether oxygens (including phenoxy) is 2. The van der Waals surface area contributed by atoms with E-state index in [1.54, 1.807) is 30.3 Å². The average Bonchev–Trinajstić information content (AvgIpc) is 3.67. The van der Waals surface area contributed by atoms with Crippen molar-refractivity contribution in [1.29, 1.82) is 0 Å². The summed E-state index contributed by atoms with van der Waals surface area (Å²) in [4.78, 5) is 25.4. The standard InChI is InChI=1S/C30H32FN7O4/c1-3-28(39)33-24-13-25(27(40-2)14-26(24)37-8-11-41-12-9-37)34-30-32-15-23(31)29(35-30)38-17-21(16-36-6-4-7-36)22(18-38)20-5-10-42-19-20/h3,5,10,13-15,17-19H,1,4,6-9,11-12,16H2,2H3,(H,33,39)(H,32,34,35). The highest BCUT2D eigenvalue weighted by molar-refractivity contribution is 6.02. The van der Waals surface area contributed by atoms with Crippen LogP contribution in [0.25, 0.3) is 16.9 Å². The summed E-state index contributed by atoms with van der Waals surface area (Å²) < 4.78 is 33.3. The smallest absolute Gasteiger partial charge is 0.247 e. The van der Waals surface area contributed by atoms with Gasteiger partial charge in [-0.25, -0.2) is 9.37 Å². The van der Waals surface area contributed by atoms with Crippen LogP contribution in [-0.4, -0.2) is 71.8 Å². The van der Waals surface area contributed by atoms with Gasteiger partial charge in [0.15, 0.2) is 11.6 Å². The quantitative estimate of drug-likeness (QED) is 0.263. The molecule has 6 rings (SSSR count). The molecule has 3 aromatic heterocycles. The Morgan fingerprint density at radius 2 is 2.02 bits per heavy atom. The highest BCUT2D eigenvalue weighted by Crippen LogP contribution is 2.39. The first kappa shape index (κ1) is 27.5. The molecule has 0 spiro atoms. The van der Waals surface area contributed by atoms with Crippen molar-refractivity contribution in [3.63, 3.8) is 0 Å². The van der Waals surface area contributed by atoms with E-state index in [1.165, 1.54) is 12.5 Å². The lowest BCUT2D eigenvalue weighted by atomic mass is 10.1. The van der Waals surface area contributed by atoms with E-state index in [4.69, 9.17) is 13.9 Å². The summed E-state index contributed by atoms with van der Waals surface area (Å²) in [6, 6.07) is 5.47. The lowest BCUT2D eigenvalue weighted by molar-refractivity contribution is -0.111. The van der Waals surface area contributed by atoms with E-state index in [0.717, 1.165) is 48.2 Å². The number of methoxy groups -OCH3 is 1. The van der Waals surface area contributed by atoms with E-state index in [9.17, 15) is 4.79 Å². The van der Waals surface area contributed by atoms with Gasteiger partial charge in [-0.1, -0.05) is 6.58 Å². The molecule has 0 unspecified atom stereocenters. The number of carbonyl (C=O) groups is 1. The fourth-order valence-corrected chi connectivity index (χ4v) is 5.11. The summed E-state index contributed by atoms with van der Waals surface area (Å²) in [5, 5.41) is 6.03. The van der Waals surface area contributed by atoms with Crippen LogP contribution in [0.2, 0.25) is 0 Å². The largest absolute Gasteiger partial charge is 0.494 e. The van der Waals surface area contributed by atoms with Gasteiger partial charge in [0, 0.05) is 49.2 Å². The Morgan fingerprint density at radius 1 is 1.19 bits per heavy atom. The Balaban J connectivity index is 1.34. The topological polar surface area (TPSA) is 110 Å². The van der Waals surface area contributed by atoms with Crippen molar-refractivity contribution in [3.8, 4) is 22.7 Å². The molecule has 0 radical (unpaired) electrons. The zero-order chi connectivity index (χ0) is 29.1. The molecule has 5 heterocycles. The third-order valence-corrected chi connectivity index (χ3v) is 7.41. The fraction of sp³-hybridized carbons (Fsp3) is 0.300. The van der Waals surface area contributed by atoms with Crippen LogP contribution >= 0.6 is 0 Å². The van der Waals surface area contributed by atoms with Crippen LogP contribution in [0.4, 0.5) is 27.4 Å². The van der Waals surface area contributed by atoms with E-state index in [2.05, 4.69) is 37.0 Å². The van der Waals surface area contributed by atoms with Crippen molar-refractivity contribution in [2.24, 2.45) is 0 Å².